The Kier molecular flexibility index (Phi) is 7.71. The predicted molar refractivity (Wildman–Crippen MR) is 174 cm³/mol. The van der Waals surface area contributed by atoms with Crippen molar-refractivity contribution in [3.63, 3.8) is 0 Å². The van der Waals surface area contributed by atoms with Gasteiger partial charge in [-0.25, -0.2) is 0 Å². The summed E-state index contributed by atoms with van der Waals surface area (Å²) in [7, 11) is -1.76. The second-order valence-electron chi connectivity index (χ2n) is 17.0. The van der Waals surface area contributed by atoms with Crippen LogP contribution in [0.25, 0.3) is 0 Å². The van der Waals surface area contributed by atoms with Crippen molar-refractivity contribution in [3.8, 4) is 0 Å². The minimum Gasteiger partial charge on any atom is -0.457 e. The van der Waals surface area contributed by atoms with Gasteiger partial charge in [0, 0.05) is 18.6 Å². The van der Waals surface area contributed by atoms with Gasteiger partial charge in [0.15, 0.2) is 8.32 Å². The van der Waals surface area contributed by atoms with Gasteiger partial charge in [-0.15, -0.1) is 0 Å². The lowest BCUT2D eigenvalue weighted by Gasteiger charge is -2.59. The van der Waals surface area contributed by atoms with Crippen LogP contribution < -0.4 is 5.32 Å². The summed E-state index contributed by atoms with van der Waals surface area (Å²) in [6.07, 6.45) is 13.6. The second-order valence-corrected chi connectivity index (χ2v) is 21.8. The fourth-order valence-corrected chi connectivity index (χ4v) is 11.7. The number of benzene rings is 1. The Morgan fingerprint density at radius 2 is 1.74 bits per heavy atom. The number of hydrogen-bond donors (Lipinski definition) is 1. The molecule has 4 aliphatic carbocycles. The van der Waals surface area contributed by atoms with Crippen molar-refractivity contribution >= 4 is 14.3 Å². The zero-order chi connectivity index (χ0) is 30.1. The molecule has 42 heavy (non-hydrogen) atoms. The van der Waals surface area contributed by atoms with E-state index in [-0.39, 0.29) is 22.5 Å². The molecule has 0 spiro atoms. The third-order valence-electron chi connectivity index (χ3n) is 13.7. The van der Waals surface area contributed by atoms with E-state index in [9.17, 15) is 4.79 Å². The molecule has 5 aliphatic rings. The summed E-state index contributed by atoms with van der Waals surface area (Å²) in [5, 5.41) is 3.89. The molecule has 232 valence electrons. The number of allylic oxidation sites excluding steroid dienone is 1. The van der Waals surface area contributed by atoms with E-state index < -0.39 is 13.9 Å². The van der Waals surface area contributed by atoms with Crippen LogP contribution >= 0.6 is 0 Å². The quantitative estimate of drug-likeness (QED) is 0.212. The molecule has 3 saturated carbocycles. The normalized spacial score (nSPS) is 42.2. The Hall–Kier alpha value is -1.43. The van der Waals surface area contributed by atoms with Gasteiger partial charge in [0.05, 0.1) is 0 Å². The molecule has 1 saturated heterocycles. The number of ether oxygens (including phenoxy) is 1. The zero-order valence-electron chi connectivity index (χ0n) is 27.7. The Balaban J connectivity index is 1.15. The molecule has 1 aromatic rings. The van der Waals surface area contributed by atoms with Crippen LogP contribution in [0.15, 0.2) is 42.0 Å². The van der Waals surface area contributed by atoms with Crippen LogP contribution in [0.2, 0.25) is 18.1 Å². The van der Waals surface area contributed by atoms with E-state index in [2.05, 4.69) is 78.2 Å². The molecule has 1 aliphatic heterocycles. The Bertz CT molecular complexity index is 1210. The highest BCUT2D eigenvalue weighted by atomic mass is 28.4. The summed E-state index contributed by atoms with van der Waals surface area (Å²) in [5.74, 6) is 2.59. The highest BCUT2D eigenvalue weighted by Gasteiger charge is 2.63. The Morgan fingerprint density at radius 1 is 1.00 bits per heavy atom. The molecule has 1 unspecified atom stereocenters. The highest BCUT2D eigenvalue weighted by Crippen LogP contribution is 2.68. The summed E-state index contributed by atoms with van der Waals surface area (Å²) in [6, 6.07) is 10.1. The lowest BCUT2D eigenvalue weighted by molar-refractivity contribution is -0.184. The third-order valence-corrected chi connectivity index (χ3v) is 18.2. The maximum absolute atomic E-state index is 13.3. The molecule has 0 aromatic heterocycles. The number of hydrogen-bond acceptors (Lipinski definition) is 4. The number of cyclic esters (lactones) is 1. The first-order chi connectivity index (χ1) is 19.7. The standard InChI is InChI=1S/C37H57NO3Si/c1-34(2,3)42(7,8)41-27-18-20-35(4)26(23-27)14-15-28-29-16-17-32(36(29,5)21-19-30(28)35)37(6)24-38-31(33(39)40-37)22-25-12-10-9-11-13-25/h9-14,27-32,38H,15-24H2,1-8H3/t27-,28-,29-,30-,31+,32?,35-,36-,37-/m0/s1. The van der Waals surface area contributed by atoms with E-state index in [1.165, 1.54) is 50.5 Å². The molecule has 6 rings (SSSR count). The lowest BCUT2D eigenvalue weighted by Crippen LogP contribution is -2.62. The van der Waals surface area contributed by atoms with Crippen LogP contribution in [0.1, 0.15) is 98.5 Å². The summed E-state index contributed by atoms with van der Waals surface area (Å²) in [5.41, 5.74) is 3.01. The van der Waals surface area contributed by atoms with Crippen molar-refractivity contribution in [2.45, 2.75) is 135 Å². The average Bonchev–Trinajstić information content (AvgIpc) is 3.28. The van der Waals surface area contributed by atoms with E-state index in [0.717, 1.165) is 30.7 Å². The number of fused-ring (bicyclic) bond motifs is 5. The number of nitrogens with one attached hydrogen (secondary N) is 1. The van der Waals surface area contributed by atoms with E-state index in [4.69, 9.17) is 9.16 Å². The topological polar surface area (TPSA) is 47.6 Å². The highest BCUT2D eigenvalue weighted by molar-refractivity contribution is 6.74. The Morgan fingerprint density at radius 3 is 2.43 bits per heavy atom. The molecule has 1 N–H and O–H groups in total. The van der Waals surface area contributed by atoms with E-state index in [1.54, 1.807) is 5.57 Å². The first-order valence-electron chi connectivity index (χ1n) is 17.0. The molecular weight excluding hydrogens is 534 g/mol. The van der Waals surface area contributed by atoms with Gasteiger partial charge >= 0.3 is 5.97 Å². The van der Waals surface area contributed by atoms with E-state index in [0.29, 0.717) is 23.9 Å². The van der Waals surface area contributed by atoms with Gasteiger partial charge in [-0.1, -0.05) is 76.6 Å². The molecule has 4 fully saturated rings. The fraction of sp³-hybridized carbons (Fsp3) is 0.757. The number of esters is 1. The average molecular weight is 592 g/mol. The number of morpholine rings is 1. The molecule has 0 radical (unpaired) electrons. The summed E-state index contributed by atoms with van der Waals surface area (Å²) < 4.78 is 13.4. The number of rotatable bonds is 5. The lowest BCUT2D eigenvalue weighted by atomic mass is 9.46. The van der Waals surface area contributed by atoms with Gasteiger partial charge in [0.2, 0.25) is 0 Å². The van der Waals surface area contributed by atoms with Crippen molar-refractivity contribution in [2.75, 3.05) is 6.54 Å². The van der Waals surface area contributed by atoms with Crippen LogP contribution in [0.4, 0.5) is 0 Å². The number of carbonyl (C=O) groups excluding carboxylic acids is 1. The maximum atomic E-state index is 13.3. The molecular formula is C37H57NO3Si. The van der Waals surface area contributed by atoms with Crippen molar-refractivity contribution in [1.29, 1.82) is 0 Å². The van der Waals surface area contributed by atoms with Crippen molar-refractivity contribution in [1.82, 2.24) is 5.32 Å². The van der Waals surface area contributed by atoms with Gasteiger partial charge < -0.3 is 14.5 Å². The Labute approximate surface area is 256 Å². The van der Waals surface area contributed by atoms with Crippen LogP contribution in [0, 0.1) is 34.5 Å². The molecule has 4 nitrogen and oxygen atoms in total. The van der Waals surface area contributed by atoms with Gasteiger partial charge in [-0.3, -0.25) is 4.79 Å². The summed E-state index contributed by atoms with van der Waals surface area (Å²) in [6.45, 7) is 20.1. The zero-order valence-corrected chi connectivity index (χ0v) is 28.7. The van der Waals surface area contributed by atoms with Crippen LogP contribution in [-0.2, 0) is 20.4 Å². The summed E-state index contributed by atoms with van der Waals surface area (Å²) in [4.78, 5) is 13.3. The third kappa shape index (κ3) is 5.07. The predicted octanol–water partition coefficient (Wildman–Crippen LogP) is 8.47. The maximum Gasteiger partial charge on any atom is 0.324 e. The SMILES string of the molecule is CC(C)(C)[Si](C)(C)O[C@H]1CC[C@@]2(C)C(=CC[C@@H]3[C@@H]2CC[C@]2(C)C([C@]4(C)CN[C@H](Cc5ccccc5)C(=O)O4)CC[C@@H]32)C1. The van der Waals surface area contributed by atoms with Gasteiger partial charge in [0.1, 0.15) is 11.6 Å². The first kappa shape index (κ1) is 30.6. The molecule has 9 atom stereocenters. The van der Waals surface area contributed by atoms with Crippen molar-refractivity contribution in [3.05, 3.63) is 47.5 Å². The van der Waals surface area contributed by atoms with Gasteiger partial charge in [-0.05, 0) is 117 Å². The molecule has 1 heterocycles. The van der Waals surface area contributed by atoms with Crippen LogP contribution in [0.3, 0.4) is 0 Å². The molecule has 0 amide bonds. The first-order valence-corrected chi connectivity index (χ1v) is 19.9. The summed E-state index contributed by atoms with van der Waals surface area (Å²) >= 11 is 0. The second kappa shape index (κ2) is 10.6. The molecule has 5 heteroatoms. The van der Waals surface area contributed by atoms with Crippen LogP contribution in [0.5, 0.6) is 0 Å². The minimum atomic E-state index is -1.76. The van der Waals surface area contributed by atoms with Crippen molar-refractivity contribution in [2.24, 2.45) is 34.5 Å². The number of carbonyl (C=O) groups is 1. The fourth-order valence-electron chi connectivity index (χ4n) is 10.3. The van der Waals surface area contributed by atoms with Gasteiger partial charge in [-0.2, -0.15) is 0 Å². The smallest absolute Gasteiger partial charge is 0.324 e. The van der Waals surface area contributed by atoms with Crippen molar-refractivity contribution < 1.29 is 14.0 Å². The molecule has 1 aromatic carbocycles. The van der Waals surface area contributed by atoms with Gasteiger partial charge in [0.25, 0.3) is 0 Å². The monoisotopic (exact) mass is 591 g/mol. The minimum absolute atomic E-state index is 0.0669. The van der Waals surface area contributed by atoms with Crippen LogP contribution in [-0.4, -0.2) is 38.6 Å². The van der Waals surface area contributed by atoms with E-state index >= 15 is 0 Å². The largest absolute Gasteiger partial charge is 0.457 e. The molecule has 0 bridgehead atoms. The van der Waals surface area contributed by atoms with E-state index in [1.807, 2.05) is 18.2 Å².